The molecule has 7 nitrogen and oxygen atoms in total. The summed E-state index contributed by atoms with van der Waals surface area (Å²) in [6, 6.07) is 11.8. The molecule has 4 aliphatic rings. The number of aryl methyl sites for hydroxylation is 1. The van der Waals surface area contributed by atoms with Gasteiger partial charge in [0.05, 0.1) is 17.5 Å². The molecular weight excluding hydrogens is 632 g/mol. The van der Waals surface area contributed by atoms with Gasteiger partial charge in [-0.1, -0.05) is 58.0 Å². The van der Waals surface area contributed by atoms with E-state index in [9.17, 15) is 13.8 Å². The highest BCUT2D eigenvalue weighted by Crippen LogP contribution is 2.47. The highest BCUT2D eigenvalue weighted by molar-refractivity contribution is 7.84. The van der Waals surface area contributed by atoms with E-state index in [1.165, 1.54) is 11.1 Å². The SMILES string of the molecule is C.CC(C)CO.CC1C/C=C/C(C=O)C2CCC2CN2C[C@@]3(CCCc4cc(Cl)ccc43)COc3ccc(cc32)C(=O)NS(=O)C1C. The van der Waals surface area contributed by atoms with E-state index in [2.05, 4.69) is 33.9 Å². The molecule has 1 fully saturated rings. The molecule has 2 heterocycles. The number of hydrogen-bond donors (Lipinski definition) is 2. The Bertz CT molecular complexity index is 1460. The molecule has 0 radical (unpaired) electrons. The first-order valence-electron chi connectivity index (χ1n) is 16.8. The molecule has 2 bridgehead atoms. The number of anilines is 1. The van der Waals surface area contributed by atoms with E-state index < -0.39 is 11.0 Å². The number of amides is 1. The van der Waals surface area contributed by atoms with Crippen LogP contribution in [0.2, 0.25) is 5.02 Å². The van der Waals surface area contributed by atoms with Gasteiger partial charge in [-0.3, -0.25) is 9.52 Å². The molecule has 2 aliphatic heterocycles. The number of nitrogens with one attached hydrogen (secondary N) is 1. The van der Waals surface area contributed by atoms with Crippen LogP contribution in [0.4, 0.5) is 5.69 Å². The number of fused-ring (bicyclic) bond motifs is 4. The van der Waals surface area contributed by atoms with Crippen molar-refractivity contribution in [1.29, 1.82) is 0 Å². The summed E-state index contributed by atoms with van der Waals surface area (Å²) < 4.78 is 22.4. The van der Waals surface area contributed by atoms with Gasteiger partial charge in [-0.05, 0) is 111 Å². The Labute approximate surface area is 289 Å². The van der Waals surface area contributed by atoms with Crippen molar-refractivity contribution in [2.45, 2.75) is 84.3 Å². The zero-order valence-corrected chi connectivity index (χ0v) is 29.1. The normalized spacial score (nSPS) is 30.9. The maximum Gasteiger partial charge on any atom is 0.263 e. The lowest BCUT2D eigenvalue weighted by atomic mass is 9.66. The van der Waals surface area contributed by atoms with Gasteiger partial charge in [-0.25, -0.2) is 4.21 Å². The highest BCUT2D eigenvalue weighted by atomic mass is 35.5. The van der Waals surface area contributed by atoms with Gasteiger partial charge in [0.15, 0.2) is 0 Å². The molecule has 7 atom stereocenters. The zero-order valence-electron chi connectivity index (χ0n) is 27.5. The van der Waals surface area contributed by atoms with Crippen molar-refractivity contribution in [2.75, 3.05) is 31.2 Å². The van der Waals surface area contributed by atoms with Gasteiger partial charge in [-0.15, -0.1) is 0 Å². The first kappa shape index (κ1) is 37.1. The van der Waals surface area contributed by atoms with Gasteiger partial charge in [0, 0.05) is 41.6 Å². The standard InChI is InChI=1S/C33H39ClN2O4S.C4H10O.CH4/c1-21-5-3-6-26(18-37)28-11-8-25(28)17-36-19-33(14-4-7-23-15-27(34)10-12-29(23)33)20-40-31-13-9-24(16-30(31)36)32(38)35-41(39)22(21)2;1-4(2)3-5;/h3,6,9-10,12-13,15-16,18,21-22,25-26,28H,4-5,7-8,11,14,17,19-20H2,1-2H3,(H,35,38);4-5H,3H2,1-2H3;1H4/b6-3+;;/t21?,22?,25?,26?,28?,33-,41?;;/m0../s1. The van der Waals surface area contributed by atoms with Gasteiger partial charge in [0.2, 0.25) is 0 Å². The van der Waals surface area contributed by atoms with E-state index >= 15 is 0 Å². The summed E-state index contributed by atoms with van der Waals surface area (Å²) in [5.41, 5.74) is 3.73. The molecule has 9 heteroatoms. The van der Waals surface area contributed by atoms with Crippen LogP contribution in [0, 0.1) is 29.6 Å². The number of aliphatic hydroxyl groups excluding tert-OH is 1. The van der Waals surface area contributed by atoms with Crippen LogP contribution in [-0.2, 0) is 27.6 Å². The van der Waals surface area contributed by atoms with E-state index in [1.54, 1.807) is 6.07 Å². The van der Waals surface area contributed by atoms with Crippen LogP contribution in [0.3, 0.4) is 0 Å². The second kappa shape index (κ2) is 16.1. The number of allylic oxidation sites excluding steroid dienone is 2. The fraction of sp³-hybridized carbons (Fsp3) is 0.579. The number of rotatable bonds is 2. The third-order valence-corrected chi connectivity index (χ3v) is 12.2. The Kier molecular flexibility index (Phi) is 12.8. The molecule has 2 aromatic rings. The predicted molar refractivity (Wildman–Crippen MR) is 193 cm³/mol. The molecule has 0 saturated heterocycles. The molecule has 6 rings (SSSR count). The van der Waals surface area contributed by atoms with E-state index in [0.717, 1.165) is 67.9 Å². The fourth-order valence-corrected chi connectivity index (χ4v) is 8.47. The Morgan fingerprint density at radius 2 is 1.96 bits per heavy atom. The maximum atomic E-state index is 13.3. The second-order valence-electron chi connectivity index (χ2n) is 14.2. The summed E-state index contributed by atoms with van der Waals surface area (Å²) in [5.74, 6) is 1.46. The average Bonchev–Trinajstić information content (AvgIpc) is 3.18. The minimum atomic E-state index is -1.54. The lowest BCUT2D eigenvalue weighted by Crippen LogP contribution is -2.49. The summed E-state index contributed by atoms with van der Waals surface area (Å²) in [4.78, 5) is 28.0. The fourth-order valence-electron chi connectivity index (χ4n) is 7.25. The smallest absolute Gasteiger partial charge is 0.263 e. The van der Waals surface area contributed by atoms with E-state index in [0.29, 0.717) is 37.0 Å². The molecule has 1 amide bonds. The zero-order chi connectivity index (χ0) is 33.0. The molecule has 258 valence electrons. The van der Waals surface area contributed by atoms with Crippen molar-refractivity contribution < 1.29 is 23.6 Å². The number of benzene rings is 2. The Morgan fingerprint density at radius 1 is 1.19 bits per heavy atom. The van der Waals surface area contributed by atoms with Crippen molar-refractivity contribution in [3.63, 3.8) is 0 Å². The molecule has 1 spiro atoms. The first-order valence-corrected chi connectivity index (χ1v) is 18.4. The van der Waals surface area contributed by atoms with Gasteiger partial charge in [0.1, 0.15) is 23.0 Å². The second-order valence-corrected chi connectivity index (χ2v) is 16.1. The molecule has 0 aromatic heterocycles. The molecule has 2 aliphatic carbocycles. The van der Waals surface area contributed by atoms with Crippen LogP contribution < -0.4 is 14.4 Å². The van der Waals surface area contributed by atoms with E-state index in [-0.39, 0.29) is 41.8 Å². The molecule has 47 heavy (non-hydrogen) atoms. The van der Waals surface area contributed by atoms with Gasteiger partial charge < -0.3 is 19.5 Å². The lowest BCUT2D eigenvalue weighted by Gasteiger charge is -2.45. The van der Waals surface area contributed by atoms with E-state index in [1.807, 2.05) is 45.9 Å². The topological polar surface area (TPSA) is 95.9 Å². The summed E-state index contributed by atoms with van der Waals surface area (Å²) in [6.07, 6.45) is 11.1. The number of carbonyl (C=O) groups is 2. The van der Waals surface area contributed by atoms with Crippen molar-refractivity contribution in [3.8, 4) is 5.75 Å². The largest absolute Gasteiger partial charge is 0.490 e. The molecule has 6 unspecified atom stereocenters. The van der Waals surface area contributed by atoms with Crippen LogP contribution >= 0.6 is 11.6 Å². The number of aliphatic hydroxyl groups is 1. The number of ether oxygens (including phenoxy) is 1. The monoisotopic (exact) mass is 684 g/mol. The molecule has 1 saturated carbocycles. The Morgan fingerprint density at radius 3 is 2.64 bits per heavy atom. The van der Waals surface area contributed by atoms with Crippen molar-refractivity contribution >= 4 is 40.5 Å². The average molecular weight is 685 g/mol. The van der Waals surface area contributed by atoms with E-state index in [4.69, 9.17) is 21.4 Å². The molecule has 2 N–H and O–H groups in total. The summed E-state index contributed by atoms with van der Waals surface area (Å²) >= 11 is 6.40. The molecular formula is C38H53ClN2O5S. The highest BCUT2D eigenvalue weighted by Gasteiger charge is 2.44. The quantitative estimate of drug-likeness (QED) is 0.255. The van der Waals surface area contributed by atoms with Crippen LogP contribution in [0.15, 0.2) is 48.6 Å². The van der Waals surface area contributed by atoms with Crippen molar-refractivity contribution in [1.82, 2.24) is 4.72 Å². The Balaban J connectivity index is 0.000000776. The summed E-state index contributed by atoms with van der Waals surface area (Å²) in [7, 11) is -1.54. The number of hydrogen-bond acceptors (Lipinski definition) is 6. The van der Waals surface area contributed by atoms with Crippen molar-refractivity contribution in [2.24, 2.45) is 29.6 Å². The van der Waals surface area contributed by atoms with Gasteiger partial charge in [-0.2, -0.15) is 0 Å². The van der Waals surface area contributed by atoms with Crippen molar-refractivity contribution in [3.05, 3.63) is 70.3 Å². The third-order valence-electron chi connectivity index (χ3n) is 10.4. The number of carbonyl (C=O) groups excluding carboxylic acids is 2. The number of halogens is 1. The van der Waals surface area contributed by atoms with Crippen LogP contribution in [0.5, 0.6) is 5.75 Å². The maximum absolute atomic E-state index is 13.3. The minimum absolute atomic E-state index is 0. The molecule has 2 aromatic carbocycles. The summed E-state index contributed by atoms with van der Waals surface area (Å²) in [6.45, 7) is 10.3. The van der Waals surface area contributed by atoms with Crippen LogP contribution in [0.1, 0.15) is 88.7 Å². The number of nitrogens with zero attached hydrogens (tertiary/aromatic N) is 1. The summed E-state index contributed by atoms with van der Waals surface area (Å²) in [5, 5.41) is 8.67. The minimum Gasteiger partial charge on any atom is -0.490 e. The number of aldehydes is 1. The Hall–Kier alpha value is -2.68. The van der Waals surface area contributed by atoms with Gasteiger partial charge in [0.25, 0.3) is 5.91 Å². The van der Waals surface area contributed by atoms with Crippen LogP contribution in [0.25, 0.3) is 0 Å². The predicted octanol–water partition coefficient (Wildman–Crippen LogP) is 7.30. The van der Waals surface area contributed by atoms with Gasteiger partial charge >= 0.3 is 0 Å². The third kappa shape index (κ3) is 8.31. The first-order chi connectivity index (χ1) is 22.0. The lowest BCUT2D eigenvalue weighted by molar-refractivity contribution is -0.112. The van der Waals surface area contributed by atoms with Crippen LogP contribution in [-0.4, -0.2) is 53.1 Å².